The summed E-state index contributed by atoms with van der Waals surface area (Å²) in [6.07, 6.45) is 0. The fraction of sp³-hybridized carbons (Fsp3) is 0.700. The van der Waals surface area contributed by atoms with E-state index < -0.39 is 0 Å². The molecule has 2 heterocycles. The fourth-order valence-electron chi connectivity index (χ4n) is 1.87. The average Bonchev–Trinajstić information content (AvgIpc) is 2.57. The van der Waals surface area contributed by atoms with Gasteiger partial charge in [0.2, 0.25) is 5.91 Å². The third-order valence-electron chi connectivity index (χ3n) is 2.89. The molecule has 2 saturated heterocycles. The van der Waals surface area contributed by atoms with Gasteiger partial charge in [-0.1, -0.05) is 0 Å². The maximum absolute atomic E-state index is 11.9. The Kier molecular flexibility index (Phi) is 3.56. The van der Waals surface area contributed by atoms with Crippen molar-refractivity contribution < 1.29 is 14.4 Å². The van der Waals surface area contributed by atoms with Gasteiger partial charge in [-0.2, -0.15) is 11.8 Å². The third kappa shape index (κ3) is 2.54. The van der Waals surface area contributed by atoms with Crippen molar-refractivity contribution in [1.29, 1.82) is 0 Å². The Labute approximate surface area is 104 Å². The van der Waals surface area contributed by atoms with E-state index in [1.54, 1.807) is 11.9 Å². The minimum atomic E-state index is -0.380. The monoisotopic (exact) mass is 257 g/mol. The fourth-order valence-corrected chi connectivity index (χ4v) is 2.78. The summed E-state index contributed by atoms with van der Waals surface area (Å²) < 4.78 is 0. The Balaban J connectivity index is 1.94. The number of hydrogen-bond acceptors (Lipinski definition) is 4. The molecule has 94 valence electrons. The molecule has 4 amide bonds. The number of urea groups is 1. The van der Waals surface area contributed by atoms with Crippen LogP contribution in [-0.4, -0.2) is 77.3 Å². The van der Waals surface area contributed by atoms with E-state index in [0.717, 1.165) is 16.4 Å². The minimum absolute atomic E-state index is 0.0714. The highest BCUT2D eigenvalue weighted by Gasteiger charge is 2.35. The summed E-state index contributed by atoms with van der Waals surface area (Å²) in [5, 5.41) is 0. The smallest absolute Gasteiger partial charge is 0.327 e. The predicted molar refractivity (Wildman–Crippen MR) is 63.6 cm³/mol. The van der Waals surface area contributed by atoms with Crippen LogP contribution in [0.2, 0.25) is 0 Å². The summed E-state index contributed by atoms with van der Waals surface area (Å²) in [5.41, 5.74) is 0. The standard InChI is InChI=1S/C10H15N3O3S/c1-11-6-9(15)13(10(11)16)7-8(14)12-2-4-17-5-3-12/h2-7H2,1H3. The van der Waals surface area contributed by atoms with E-state index in [-0.39, 0.29) is 30.9 Å². The first-order valence-corrected chi connectivity index (χ1v) is 6.66. The van der Waals surface area contributed by atoms with Gasteiger partial charge in [0.15, 0.2) is 0 Å². The molecule has 6 nitrogen and oxygen atoms in total. The Morgan fingerprint density at radius 1 is 1.29 bits per heavy atom. The molecule has 0 unspecified atom stereocenters. The Bertz CT molecular complexity index is 355. The van der Waals surface area contributed by atoms with Gasteiger partial charge in [-0.25, -0.2) is 4.79 Å². The quantitative estimate of drug-likeness (QED) is 0.623. The molecule has 2 aliphatic rings. The normalized spacial score (nSPS) is 21.4. The zero-order valence-electron chi connectivity index (χ0n) is 9.72. The number of amides is 4. The molecule has 0 aromatic rings. The van der Waals surface area contributed by atoms with Gasteiger partial charge >= 0.3 is 6.03 Å². The summed E-state index contributed by atoms with van der Waals surface area (Å²) in [7, 11) is 1.56. The first-order chi connectivity index (χ1) is 8.09. The summed E-state index contributed by atoms with van der Waals surface area (Å²) in [6, 6.07) is -0.380. The van der Waals surface area contributed by atoms with Crippen molar-refractivity contribution >= 4 is 29.6 Å². The average molecular weight is 257 g/mol. The first-order valence-electron chi connectivity index (χ1n) is 5.50. The molecule has 2 rings (SSSR count). The first kappa shape index (κ1) is 12.2. The highest BCUT2D eigenvalue weighted by Crippen LogP contribution is 2.12. The number of carbonyl (C=O) groups is 3. The zero-order chi connectivity index (χ0) is 12.4. The molecule has 0 spiro atoms. The van der Waals surface area contributed by atoms with Crippen LogP contribution in [0.25, 0.3) is 0 Å². The van der Waals surface area contributed by atoms with Crippen LogP contribution in [0, 0.1) is 0 Å². The molecule has 0 bridgehead atoms. The molecule has 17 heavy (non-hydrogen) atoms. The maximum Gasteiger partial charge on any atom is 0.327 e. The number of likely N-dealkylation sites (N-methyl/N-ethyl adjacent to an activating group) is 1. The van der Waals surface area contributed by atoms with Crippen LogP contribution in [0.1, 0.15) is 0 Å². The topological polar surface area (TPSA) is 60.9 Å². The second kappa shape index (κ2) is 4.95. The van der Waals surface area contributed by atoms with Crippen LogP contribution >= 0.6 is 11.8 Å². The molecule has 0 N–H and O–H groups in total. The predicted octanol–water partition coefficient (Wildman–Crippen LogP) is -0.544. The van der Waals surface area contributed by atoms with Crippen LogP contribution in [0.15, 0.2) is 0 Å². The maximum atomic E-state index is 11.9. The van der Waals surface area contributed by atoms with Gasteiger partial charge < -0.3 is 9.80 Å². The molecule has 0 aliphatic carbocycles. The van der Waals surface area contributed by atoms with Crippen molar-refractivity contribution in [3.8, 4) is 0 Å². The molecule has 0 saturated carbocycles. The van der Waals surface area contributed by atoms with Crippen LogP contribution in [0.4, 0.5) is 4.79 Å². The summed E-state index contributed by atoms with van der Waals surface area (Å²) in [4.78, 5) is 39.1. The van der Waals surface area contributed by atoms with Gasteiger partial charge in [-0.3, -0.25) is 14.5 Å². The van der Waals surface area contributed by atoms with E-state index in [1.807, 2.05) is 11.8 Å². The molecule has 7 heteroatoms. The molecule has 2 aliphatic heterocycles. The number of nitrogens with zero attached hydrogens (tertiary/aromatic N) is 3. The van der Waals surface area contributed by atoms with Crippen LogP contribution < -0.4 is 0 Å². The van der Waals surface area contributed by atoms with E-state index in [4.69, 9.17) is 0 Å². The Morgan fingerprint density at radius 2 is 1.94 bits per heavy atom. The van der Waals surface area contributed by atoms with Gasteiger partial charge in [0.25, 0.3) is 5.91 Å². The molecule has 0 aromatic heterocycles. The number of imide groups is 1. The second-order valence-corrected chi connectivity index (χ2v) is 5.34. The van der Waals surface area contributed by atoms with Gasteiger partial charge in [0, 0.05) is 31.6 Å². The van der Waals surface area contributed by atoms with E-state index in [0.29, 0.717) is 13.1 Å². The van der Waals surface area contributed by atoms with Crippen LogP contribution in [0.3, 0.4) is 0 Å². The van der Waals surface area contributed by atoms with E-state index in [1.165, 1.54) is 4.90 Å². The van der Waals surface area contributed by atoms with E-state index in [2.05, 4.69) is 0 Å². The largest absolute Gasteiger partial charge is 0.339 e. The SMILES string of the molecule is CN1CC(=O)N(CC(=O)N2CCSCC2)C1=O. The second-order valence-electron chi connectivity index (χ2n) is 4.11. The molecular weight excluding hydrogens is 242 g/mol. The number of rotatable bonds is 2. The number of thioether (sulfide) groups is 1. The van der Waals surface area contributed by atoms with Gasteiger partial charge in [0.1, 0.15) is 13.1 Å². The molecule has 2 fully saturated rings. The minimum Gasteiger partial charge on any atom is -0.339 e. The molecule has 0 radical (unpaired) electrons. The lowest BCUT2D eigenvalue weighted by Crippen LogP contribution is -2.46. The third-order valence-corrected chi connectivity index (χ3v) is 3.83. The lowest BCUT2D eigenvalue weighted by molar-refractivity contribution is -0.136. The summed E-state index contributed by atoms with van der Waals surface area (Å²) in [6.45, 7) is 1.36. The van der Waals surface area contributed by atoms with Crippen LogP contribution in [-0.2, 0) is 9.59 Å². The van der Waals surface area contributed by atoms with Gasteiger partial charge in [-0.15, -0.1) is 0 Å². The van der Waals surface area contributed by atoms with Crippen molar-refractivity contribution in [2.24, 2.45) is 0 Å². The van der Waals surface area contributed by atoms with Crippen LogP contribution in [0.5, 0.6) is 0 Å². The lowest BCUT2D eigenvalue weighted by Gasteiger charge is -2.27. The van der Waals surface area contributed by atoms with Gasteiger partial charge in [-0.05, 0) is 0 Å². The summed E-state index contributed by atoms with van der Waals surface area (Å²) >= 11 is 1.81. The highest BCUT2D eigenvalue weighted by atomic mass is 32.2. The van der Waals surface area contributed by atoms with Crippen molar-refractivity contribution in [3.63, 3.8) is 0 Å². The lowest BCUT2D eigenvalue weighted by atomic mass is 10.4. The van der Waals surface area contributed by atoms with E-state index in [9.17, 15) is 14.4 Å². The summed E-state index contributed by atoms with van der Waals surface area (Å²) in [5.74, 6) is 1.42. The number of carbonyl (C=O) groups excluding carboxylic acids is 3. The Hall–Kier alpha value is -1.24. The van der Waals surface area contributed by atoms with Crippen molar-refractivity contribution in [2.75, 3.05) is 44.7 Å². The highest BCUT2D eigenvalue weighted by molar-refractivity contribution is 7.99. The zero-order valence-corrected chi connectivity index (χ0v) is 10.5. The van der Waals surface area contributed by atoms with Crippen molar-refractivity contribution in [3.05, 3.63) is 0 Å². The molecule has 0 atom stereocenters. The number of hydrogen-bond donors (Lipinski definition) is 0. The molecular formula is C10H15N3O3S. The van der Waals surface area contributed by atoms with Gasteiger partial charge in [0.05, 0.1) is 0 Å². The molecule has 0 aromatic carbocycles. The Morgan fingerprint density at radius 3 is 2.47 bits per heavy atom. The van der Waals surface area contributed by atoms with Crippen molar-refractivity contribution in [1.82, 2.24) is 14.7 Å². The van der Waals surface area contributed by atoms with E-state index >= 15 is 0 Å². The van der Waals surface area contributed by atoms with Crippen molar-refractivity contribution in [2.45, 2.75) is 0 Å².